The number of rotatable bonds is 5. The number of aliphatic imine (C=N–C) groups is 1. The minimum Gasteiger partial charge on any atom is -0.484 e. The molecule has 0 aliphatic carbocycles. The van der Waals surface area contributed by atoms with E-state index in [1.165, 1.54) is 6.07 Å². The maximum absolute atomic E-state index is 12.4. The normalized spacial score (nSPS) is 25.9. The quantitative estimate of drug-likeness (QED) is 0.628. The third-order valence-corrected chi connectivity index (χ3v) is 4.46. The second-order valence-corrected chi connectivity index (χ2v) is 6.30. The Morgan fingerprint density at radius 3 is 2.76 bits per heavy atom. The number of para-hydroxylation sites is 1. The summed E-state index contributed by atoms with van der Waals surface area (Å²) < 4.78 is 47.8. The second kappa shape index (κ2) is 7.51. The van der Waals surface area contributed by atoms with Crippen molar-refractivity contribution in [2.45, 2.75) is 50.2 Å². The first kappa shape index (κ1) is 17.8. The summed E-state index contributed by atoms with van der Waals surface area (Å²) in [6.07, 6.45) is -0.703. The van der Waals surface area contributed by atoms with Crippen LogP contribution >= 0.6 is 0 Å². The number of alkyl halides is 3. The van der Waals surface area contributed by atoms with Crippen molar-refractivity contribution in [1.29, 1.82) is 0 Å². The highest BCUT2D eigenvalue weighted by Crippen LogP contribution is 2.34. The molecule has 5 nitrogen and oxygen atoms in total. The van der Waals surface area contributed by atoms with Gasteiger partial charge in [-0.3, -0.25) is 4.99 Å². The van der Waals surface area contributed by atoms with Crippen molar-refractivity contribution in [3.8, 4) is 5.75 Å². The van der Waals surface area contributed by atoms with E-state index in [0.29, 0.717) is 24.2 Å². The molecule has 2 bridgehead atoms. The van der Waals surface area contributed by atoms with E-state index in [4.69, 9.17) is 9.47 Å². The smallest absolute Gasteiger partial charge is 0.422 e. The van der Waals surface area contributed by atoms with Crippen LogP contribution in [0.4, 0.5) is 13.2 Å². The van der Waals surface area contributed by atoms with Crippen molar-refractivity contribution in [2.24, 2.45) is 4.99 Å². The molecule has 25 heavy (non-hydrogen) atoms. The van der Waals surface area contributed by atoms with Gasteiger partial charge in [0.1, 0.15) is 5.75 Å². The van der Waals surface area contributed by atoms with Gasteiger partial charge in [-0.05, 0) is 25.3 Å². The molecule has 3 rings (SSSR count). The van der Waals surface area contributed by atoms with Crippen molar-refractivity contribution in [3.63, 3.8) is 0 Å². The Morgan fingerprint density at radius 1 is 1.32 bits per heavy atom. The zero-order chi connectivity index (χ0) is 17.9. The monoisotopic (exact) mass is 357 g/mol. The number of nitrogens with one attached hydrogen (secondary N) is 2. The summed E-state index contributed by atoms with van der Waals surface area (Å²) in [6.45, 7) is -0.991. The molecule has 2 fully saturated rings. The molecule has 1 aromatic carbocycles. The van der Waals surface area contributed by atoms with Crippen LogP contribution in [-0.4, -0.2) is 44.0 Å². The number of ether oxygens (including phenoxy) is 2. The number of fused-ring (bicyclic) bond motifs is 2. The summed E-state index contributed by atoms with van der Waals surface area (Å²) in [5.41, 5.74) is 0.638. The molecule has 3 unspecified atom stereocenters. The highest BCUT2D eigenvalue weighted by atomic mass is 19.4. The van der Waals surface area contributed by atoms with Crippen LogP contribution in [0.15, 0.2) is 29.3 Å². The summed E-state index contributed by atoms with van der Waals surface area (Å²) >= 11 is 0. The Labute approximate surface area is 144 Å². The van der Waals surface area contributed by atoms with Crippen LogP contribution in [0.25, 0.3) is 0 Å². The lowest BCUT2D eigenvalue weighted by atomic mass is 9.96. The molecule has 0 amide bonds. The van der Waals surface area contributed by atoms with Crippen LogP contribution in [0, 0.1) is 0 Å². The predicted octanol–water partition coefficient (Wildman–Crippen LogP) is 2.61. The highest BCUT2D eigenvalue weighted by molar-refractivity contribution is 5.80. The van der Waals surface area contributed by atoms with E-state index in [9.17, 15) is 13.2 Å². The first-order chi connectivity index (χ1) is 11.9. The van der Waals surface area contributed by atoms with Gasteiger partial charge < -0.3 is 20.1 Å². The van der Waals surface area contributed by atoms with E-state index in [1.54, 1.807) is 25.2 Å². The van der Waals surface area contributed by atoms with Gasteiger partial charge in [0, 0.05) is 19.2 Å². The van der Waals surface area contributed by atoms with Gasteiger partial charge in [0.15, 0.2) is 12.6 Å². The molecule has 2 aliphatic rings. The number of benzene rings is 1. The maximum atomic E-state index is 12.4. The summed E-state index contributed by atoms with van der Waals surface area (Å²) in [5, 5.41) is 6.47. The number of nitrogens with zero attached hydrogens (tertiary/aromatic N) is 1. The molecule has 8 heteroatoms. The molecule has 2 saturated heterocycles. The molecule has 0 aromatic heterocycles. The largest absolute Gasteiger partial charge is 0.484 e. The molecule has 2 heterocycles. The summed E-state index contributed by atoms with van der Waals surface area (Å²) in [4.78, 5) is 4.18. The minimum atomic E-state index is -4.36. The van der Waals surface area contributed by atoms with Crippen LogP contribution in [0.5, 0.6) is 5.75 Å². The van der Waals surface area contributed by atoms with Gasteiger partial charge >= 0.3 is 6.18 Å². The van der Waals surface area contributed by atoms with Gasteiger partial charge in [-0.15, -0.1) is 0 Å². The summed E-state index contributed by atoms with van der Waals surface area (Å²) in [6, 6.07) is 6.89. The van der Waals surface area contributed by atoms with E-state index in [1.807, 2.05) is 0 Å². The molecule has 138 valence electrons. The third kappa shape index (κ3) is 4.78. The number of guanidine groups is 1. The van der Waals surface area contributed by atoms with Crippen molar-refractivity contribution in [2.75, 3.05) is 13.7 Å². The van der Waals surface area contributed by atoms with Crippen molar-refractivity contribution in [3.05, 3.63) is 29.8 Å². The molecule has 0 saturated carbocycles. The van der Waals surface area contributed by atoms with E-state index in [2.05, 4.69) is 15.6 Å². The molecule has 2 N–H and O–H groups in total. The third-order valence-electron chi connectivity index (χ3n) is 4.46. The van der Waals surface area contributed by atoms with Crippen LogP contribution in [-0.2, 0) is 11.3 Å². The summed E-state index contributed by atoms with van der Waals surface area (Å²) in [5.74, 6) is 0.817. The van der Waals surface area contributed by atoms with Crippen molar-refractivity contribution >= 4 is 5.96 Å². The topological polar surface area (TPSA) is 54.9 Å². The number of hydrogen-bond donors (Lipinski definition) is 2. The second-order valence-electron chi connectivity index (χ2n) is 6.30. The van der Waals surface area contributed by atoms with E-state index < -0.39 is 12.8 Å². The Balaban J connectivity index is 1.55. The Hall–Kier alpha value is -1.96. The van der Waals surface area contributed by atoms with Gasteiger partial charge in [0.05, 0.1) is 18.2 Å². The van der Waals surface area contributed by atoms with Crippen LogP contribution in [0.3, 0.4) is 0 Å². The van der Waals surface area contributed by atoms with Crippen molar-refractivity contribution < 1.29 is 22.6 Å². The highest BCUT2D eigenvalue weighted by Gasteiger charge is 2.41. The molecular formula is C17H22F3N3O2. The standard InChI is InChI=1S/C17H22F3N3O2/c1-21-16(23-13-8-12-6-7-15(13)25-12)22-9-11-4-2-3-5-14(11)24-10-17(18,19)20/h2-5,12-13,15H,6-10H2,1H3,(H2,21,22,23). The average Bonchev–Trinajstić information content (AvgIpc) is 3.19. The van der Waals surface area contributed by atoms with Crippen LogP contribution in [0.1, 0.15) is 24.8 Å². The minimum absolute atomic E-state index is 0.214. The van der Waals surface area contributed by atoms with E-state index in [0.717, 1.165) is 19.3 Å². The Morgan fingerprint density at radius 2 is 2.12 bits per heavy atom. The first-order valence-corrected chi connectivity index (χ1v) is 8.34. The number of halogens is 3. The van der Waals surface area contributed by atoms with E-state index >= 15 is 0 Å². The zero-order valence-corrected chi connectivity index (χ0v) is 14.0. The van der Waals surface area contributed by atoms with Gasteiger partial charge in [-0.2, -0.15) is 13.2 Å². The van der Waals surface area contributed by atoms with Crippen molar-refractivity contribution in [1.82, 2.24) is 10.6 Å². The maximum Gasteiger partial charge on any atom is 0.422 e. The molecule has 0 radical (unpaired) electrons. The Kier molecular flexibility index (Phi) is 5.36. The van der Waals surface area contributed by atoms with E-state index in [-0.39, 0.29) is 17.9 Å². The fraction of sp³-hybridized carbons (Fsp3) is 0.588. The predicted molar refractivity (Wildman–Crippen MR) is 87.6 cm³/mol. The lowest BCUT2D eigenvalue weighted by Crippen LogP contribution is -2.47. The zero-order valence-electron chi connectivity index (χ0n) is 14.0. The number of hydrogen-bond acceptors (Lipinski definition) is 3. The van der Waals surface area contributed by atoms with Gasteiger partial charge in [0.25, 0.3) is 0 Å². The van der Waals surface area contributed by atoms with Crippen LogP contribution in [0.2, 0.25) is 0 Å². The molecular weight excluding hydrogens is 335 g/mol. The summed E-state index contributed by atoms with van der Waals surface area (Å²) in [7, 11) is 1.66. The lowest BCUT2D eigenvalue weighted by Gasteiger charge is -2.23. The van der Waals surface area contributed by atoms with Crippen LogP contribution < -0.4 is 15.4 Å². The fourth-order valence-electron chi connectivity index (χ4n) is 3.29. The van der Waals surface area contributed by atoms with Gasteiger partial charge in [-0.1, -0.05) is 18.2 Å². The fourth-order valence-corrected chi connectivity index (χ4v) is 3.29. The van der Waals surface area contributed by atoms with Gasteiger partial charge in [0.2, 0.25) is 0 Å². The lowest BCUT2D eigenvalue weighted by molar-refractivity contribution is -0.153. The first-order valence-electron chi connectivity index (χ1n) is 8.34. The molecule has 1 aromatic rings. The molecule has 3 atom stereocenters. The Bertz CT molecular complexity index is 621. The molecule has 0 spiro atoms. The SMILES string of the molecule is CN=C(NCc1ccccc1OCC(F)(F)F)NC1CC2CCC1O2. The average molecular weight is 357 g/mol. The molecule has 2 aliphatic heterocycles. The van der Waals surface area contributed by atoms with Gasteiger partial charge in [-0.25, -0.2) is 0 Å².